The summed E-state index contributed by atoms with van der Waals surface area (Å²) in [6.07, 6.45) is 0.738. The van der Waals surface area contributed by atoms with Crippen molar-refractivity contribution in [3.63, 3.8) is 0 Å². The number of benzene rings is 2. The van der Waals surface area contributed by atoms with Gasteiger partial charge in [0.05, 0.1) is 0 Å². The van der Waals surface area contributed by atoms with E-state index < -0.39 is 6.04 Å². The van der Waals surface area contributed by atoms with E-state index in [1.165, 1.54) is 12.1 Å². The third kappa shape index (κ3) is 2.54. The molecule has 3 rings (SSSR count). The number of anilines is 1. The summed E-state index contributed by atoms with van der Waals surface area (Å²) in [4.78, 5) is 14.2. The van der Waals surface area contributed by atoms with E-state index in [2.05, 4.69) is 0 Å². The fourth-order valence-corrected chi connectivity index (χ4v) is 2.67. The Morgan fingerprint density at radius 1 is 1.24 bits per heavy atom. The molecular weight excluding hydrogens is 267 g/mol. The maximum Gasteiger partial charge on any atom is 0.248 e. The van der Waals surface area contributed by atoms with Crippen LogP contribution in [-0.4, -0.2) is 12.5 Å². The first-order valence-electron chi connectivity index (χ1n) is 6.98. The molecule has 1 atom stereocenters. The molecule has 3 nitrogen and oxygen atoms in total. The van der Waals surface area contributed by atoms with Gasteiger partial charge in [-0.1, -0.05) is 35.9 Å². The number of amides is 1. The molecule has 4 heteroatoms. The summed E-state index contributed by atoms with van der Waals surface area (Å²) >= 11 is 0. The van der Waals surface area contributed by atoms with Crippen LogP contribution in [-0.2, 0) is 11.2 Å². The van der Waals surface area contributed by atoms with Crippen molar-refractivity contribution in [3.8, 4) is 0 Å². The first-order valence-corrected chi connectivity index (χ1v) is 6.98. The lowest BCUT2D eigenvalue weighted by atomic mass is 10.0. The zero-order valence-corrected chi connectivity index (χ0v) is 11.8. The van der Waals surface area contributed by atoms with Gasteiger partial charge in [0.2, 0.25) is 5.91 Å². The fourth-order valence-electron chi connectivity index (χ4n) is 2.67. The van der Waals surface area contributed by atoms with Crippen molar-refractivity contribution < 1.29 is 9.18 Å². The van der Waals surface area contributed by atoms with E-state index in [1.807, 2.05) is 31.2 Å². The lowest BCUT2D eigenvalue weighted by Gasteiger charge is -2.22. The number of nitrogens with zero attached hydrogens (tertiary/aromatic N) is 1. The molecule has 0 saturated heterocycles. The molecule has 1 unspecified atom stereocenters. The van der Waals surface area contributed by atoms with Gasteiger partial charge in [0.15, 0.2) is 0 Å². The lowest BCUT2D eigenvalue weighted by Crippen LogP contribution is -2.37. The average Bonchev–Trinajstić information content (AvgIpc) is 2.89. The van der Waals surface area contributed by atoms with E-state index >= 15 is 0 Å². The zero-order chi connectivity index (χ0) is 15.0. The lowest BCUT2D eigenvalue weighted by molar-refractivity contribution is -0.119. The summed E-state index contributed by atoms with van der Waals surface area (Å²) in [6, 6.07) is 11.4. The van der Waals surface area contributed by atoms with Crippen molar-refractivity contribution in [2.45, 2.75) is 19.4 Å². The predicted molar refractivity (Wildman–Crippen MR) is 80.6 cm³/mol. The van der Waals surface area contributed by atoms with Gasteiger partial charge in [0, 0.05) is 12.2 Å². The number of rotatable bonds is 2. The monoisotopic (exact) mass is 284 g/mol. The Bertz CT molecular complexity index is 682. The number of carbonyl (C=O) groups is 1. The van der Waals surface area contributed by atoms with Crippen LogP contribution >= 0.6 is 0 Å². The van der Waals surface area contributed by atoms with E-state index in [1.54, 1.807) is 11.0 Å². The van der Waals surface area contributed by atoms with Crippen LogP contribution in [0, 0.1) is 12.7 Å². The average molecular weight is 284 g/mol. The number of aryl methyl sites for hydroxylation is 1. The van der Waals surface area contributed by atoms with Crippen LogP contribution in [0.15, 0.2) is 42.5 Å². The highest BCUT2D eigenvalue weighted by Crippen LogP contribution is 2.30. The molecule has 1 aliphatic heterocycles. The van der Waals surface area contributed by atoms with Crippen LogP contribution in [0.2, 0.25) is 0 Å². The van der Waals surface area contributed by atoms with Gasteiger partial charge >= 0.3 is 0 Å². The van der Waals surface area contributed by atoms with Crippen molar-refractivity contribution >= 4 is 11.6 Å². The van der Waals surface area contributed by atoms with Gasteiger partial charge in [-0.2, -0.15) is 0 Å². The van der Waals surface area contributed by atoms with E-state index in [9.17, 15) is 9.18 Å². The highest BCUT2D eigenvalue weighted by atomic mass is 19.1. The molecule has 2 aromatic carbocycles. The summed E-state index contributed by atoms with van der Waals surface area (Å²) < 4.78 is 13.4. The Labute approximate surface area is 123 Å². The van der Waals surface area contributed by atoms with Gasteiger partial charge in [-0.05, 0) is 36.6 Å². The molecule has 108 valence electrons. The molecular formula is C17H17FN2O. The smallest absolute Gasteiger partial charge is 0.248 e. The number of hydrogen-bond acceptors (Lipinski definition) is 2. The van der Waals surface area contributed by atoms with Gasteiger partial charge < -0.3 is 10.6 Å². The Kier molecular flexibility index (Phi) is 3.47. The SMILES string of the molecule is Cc1ccc(C(N)C(=O)N2CCc3ccc(F)cc32)cc1. The maximum atomic E-state index is 13.4. The van der Waals surface area contributed by atoms with Crippen LogP contribution in [0.25, 0.3) is 0 Å². The summed E-state index contributed by atoms with van der Waals surface area (Å²) in [5.74, 6) is -0.527. The van der Waals surface area contributed by atoms with E-state index in [0.717, 1.165) is 23.1 Å². The number of nitrogens with two attached hydrogens (primary N) is 1. The standard InChI is InChI=1S/C17H17FN2O/c1-11-2-4-13(5-3-11)16(19)17(21)20-9-8-12-6-7-14(18)10-15(12)20/h2-7,10,16H,8-9,19H2,1H3. The van der Waals surface area contributed by atoms with Crippen LogP contribution in [0.5, 0.6) is 0 Å². The van der Waals surface area contributed by atoms with Gasteiger partial charge in [0.25, 0.3) is 0 Å². The number of halogens is 1. The van der Waals surface area contributed by atoms with Crippen LogP contribution in [0.3, 0.4) is 0 Å². The summed E-state index contributed by atoms with van der Waals surface area (Å²) in [6.45, 7) is 2.54. The fraction of sp³-hybridized carbons (Fsp3) is 0.235. The summed E-state index contributed by atoms with van der Waals surface area (Å²) in [7, 11) is 0. The maximum absolute atomic E-state index is 13.4. The Balaban J connectivity index is 1.87. The largest absolute Gasteiger partial charge is 0.316 e. The predicted octanol–water partition coefficient (Wildman–Crippen LogP) is 2.72. The van der Waals surface area contributed by atoms with Gasteiger partial charge in [-0.15, -0.1) is 0 Å². The van der Waals surface area contributed by atoms with Crippen LogP contribution in [0.1, 0.15) is 22.7 Å². The molecule has 0 bridgehead atoms. The van der Waals surface area contributed by atoms with E-state index in [0.29, 0.717) is 12.2 Å². The second kappa shape index (κ2) is 5.30. The Hall–Kier alpha value is -2.20. The Morgan fingerprint density at radius 2 is 1.95 bits per heavy atom. The molecule has 0 aromatic heterocycles. The Morgan fingerprint density at radius 3 is 2.67 bits per heavy atom. The third-order valence-corrected chi connectivity index (χ3v) is 3.91. The van der Waals surface area contributed by atoms with Crippen molar-refractivity contribution in [3.05, 3.63) is 65.0 Å². The minimum atomic E-state index is -0.722. The zero-order valence-electron chi connectivity index (χ0n) is 11.8. The quantitative estimate of drug-likeness (QED) is 0.921. The van der Waals surface area contributed by atoms with E-state index in [4.69, 9.17) is 5.73 Å². The van der Waals surface area contributed by atoms with Crippen molar-refractivity contribution in [2.75, 3.05) is 11.4 Å². The first kappa shape index (κ1) is 13.8. The van der Waals surface area contributed by atoms with Crippen molar-refractivity contribution in [1.82, 2.24) is 0 Å². The second-order valence-electron chi connectivity index (χ2n) is 5.40. The van der Waals surface area contributed by atoms with Crippen LogP contribution in [0.4, 0.5) is 10.1 Å². The molecule has 2 N–H and O–H groups in total. The molecule has 1 heterocycles. The highest BCUT2D eigenvalue weighted by molar-refractivity contribution is 5.99. The topological polar surface area (TPSA) is 46.3 Å². The normalized spacial score (nSPS) is 14.9. The number of hydrogen-bond donors (Lipinski definition) is 1. The minimum Gasteiger partial charge on any atom is -0.316 e. The molecule has 0 fully saturated rings. The molecule has 0 aliphatic carbocycles. The minimum absolute atomic E-state index is 0.191. The molecule has 2 aromatic rings. The molecule has 0 saturated carbocycles. The molecule has 21 heavy (non-hydrogen) atoms. The van der Waals surface area contributed by atoms with Gasteiger partial charge in [-0.25, -0.2) is 4.39 Å². The van der Waals surface area contributed by atoms with Gasteiger partial charge in [-0.3, -0.25) is 4.79 Å². The van der Waals surface area contributed by atoms with E-state index in [-0.39, 0.29) is 11.7 Å². The molecule has 0 radical (unpaired) electrons. The number of fused-ring (bicyclic) bond motifs is 1. The highest BCUT2D eigenvalue weighted by Gasteiger charge is 2.29. The van der Waals surface area contributed by atoms with Gasteiger partial charge in [0.1, 0.15) is 11.9 Å². The van der Waals surface area contributed by atoms with Crippen molar-refractivity contribution in [1.29, 1.82) is 0 Å². The third-order valence-electron chi connectivity index (χ3n) is 3.91. The summed E-state index contributed by atoms with van der Waals surface area (Å²) in [5.41, 5.74) is 9.60. The molecule has 1 aliphatic rings. The molecule has 0 spiro atoms. The second-order valence-corrected chi connectivity index (χ2v) is 5.40. The number of carbonyl (C=O) groups excluding carboxylic acids is 1. The van der Waals surface area contributed by atoms with Crippen LogP contribution < -0.4 is 10.6 Å². The first-order chi connectivity index (χ1) is 10.1. The molecule has 1 amide bonds. The van der Waals surface area contributed by atoms with Crippen molar-refractivity contribution in [2.24, 2.45) is 5.73 Å². The summed E-state index contributed by atoms with van der Waals surface area (Å²) in [5, 5.41) is 0.